The highest BCUT2D eigenvalue weighted by molar-refractivity contribution is 6.10. The van der Waals surface area contributed by atoms with Crippen LogP contribution in [0.3, 0.4) is 0 Å². The molecule has 1 aliphatic heterocycles. The molecular formula is C23H21N5O4. The van der Waals surface area contributed by atoms with Crippen LogP contribution in [0.5, 0.6) is 11.6 Å². The van der Waals surface area contributed by atoms with E-state index < -0.39 is 29.9 Å². The van der Waals surface area contributed by atoms with Crippen molar-refractivity contribution in [2.24, 2.45) is 0 Å². The lowest BCUT2D eigenvalue weighted by atomic mass is 9.91. The normalized spacial score (nSPS) is 17.8. The quantitative estimate of drug-likeness (QED) is 0.580. The number of amides is 4. The lowest BCUT2D eigenvalue weighted by Gasteiger charge is -2.22. The summed E-state index contributed by atoms with van der Waals surface area (Å²) in [6.07, 6.45) is 4.50. The maximum absolute atomic E-state index is 13.0. The predicted octanol–water partition coefficient (Wildman–Crippen LogP) is 2.98. The molecule has 0 radical (unpaired) electrons. The molecule has 162 valence electrons. The van der Waals surface area contributed by atoms with E-state index in [-0.39, 0.29) is 0 Å². The molecule has 0 saturated carbocycles. The average Bonchev–Trinajstić information content (AvgIpc) is 2.99. The van der Waals surface area contributed by atoms with Crippen molar-refractivity contribution >= 4 is 23.5 Å². The largest absolute Gasteiger partial charge is 0.437 e. The summed E-state index contributed by atoms with van der Waals surface area (Å²) >= 11 is 0. The van der Waals surface area contributed by atoms with Crippen LogP contribution in [0.15, 0.2) is 67.1 Å². The van der Waals surface area contributed by atoms with E-state index in [0.717, 1.165) is 10.5 Å². The predicted molar refractivity (Wildman–Crippen MR) is 116 cm³/mol. The molecule has 4 rings (SSSR count). The van der Waals surface area contributed by atoms with Gasteiger partial charge in [0.2, 0.25) is 11.8 Å². The van der Waals surface area contributed by atoms with Gasteiger partial charge in [-0.05, 0) is 31.5 Å². The van der Waals surface area contributed by atoms with Crippen molar-refractivity contribution < 1.29 is 19.1 Å². The number of hydrogen-bond donors (Lipinski definition) is 2. The maximum Gasteiger partial charge on any atom is 0.325 e. The van der Waals surface area contributed by atoms with E-state index in [2.05, 4.69) is 20.6 Å². The zero-order valence-corrected chi connectivity index (χ0v) is 17.5. The van der Waals surface area contributed by atoms with Gasteiger partial charge in [-0.3, -0.25) is 19.5 Å². The number of carbonyl (C=O) groups excluding carboxylic acids is 3. The minimum atomic E-state index is -1.23. The summed E-state index contributed by atoms with van der Waals surface area (Å²) in [6, 6.07) is 13.4. The summed E-state index contributed by atoms with van der Waals surface area (Å²) in [7, 11) is 0. The van der Waals surface area contributed by atoms with E-state index in [0.29, 0.717) is 22.9 Å². The van der Waals surface area contributed by atoms with Crippen LogP contribution < -0.4 is 15.4 Å². The lowest BCUT2D eigenvalue weighted by molar-refractivity contribution is -0.133. The van der Waals surface area contributed by atoms with Crippen LogP contribution in [0.4, 0.5) is 10.5 Å². The molecule has 0 spiro atoms. The Balaban J connectivity index is 1.43. The summed E-state index contributed by atoms with van der Waals surface area (Å²) < 4.78 is 5.60. The molecule has 3 aromatic rings. The van der Waals surface area contributed by atoms with Gasteiger partial charge in [0.25, 0.3) is 5.91 Å². The standard InChI is InChI=1S/C23H21N5O4/c1-15-6-8-16(9-7-15)23(2)21(30)28(22(31)27-23)14-19(29)26-17-4-3-5-18(12-17)32-20-13-24-10-11-25-20/h3-13H,14H2,1-2H3,(H,26,29)(H,27,31). The van der Waals surface area contributed by atoms with Gasteiger partial charge >= 0.3 is 6.03 Å². The molecule has 4 amide bonds. The second-order valence-corrected chi connectivity index (χ2v) is 7.53. The van der Waals surface area contributed by atoms with E-state index in [1.807, 2.05) is 19.1 Å². The Hall–Kier alpha value is -4.27. The number of imide groups is 1. The van der Waals surface area contributed by atoms with Gasteiger partial charge in [0.1, 0.15) is 17.8 Å². The Morgan fingerprint density at radius 1 is 1.16 bits per heavy atom. The second kappa shape index (κ2) is 8.46. The summed E-state index contributed by atoms with van der Waals surface area (Å²) in [6.45, 7) is 3.15. The monoisotopic (exact) mass is 431 g/mol. The van der Waals surface area contributed by atoms with Gasteiger partial charge in [0.15, 0.2) is 0 Å². The number of hydrogen-bond acceptors (Lipinski definition) is 6. The molecule has 9 heteroatoms. The Morgan fingerprint density at radius 3 is 2.66 bits per heavy atom. The summed E-state index contributed by atoms with van der Waals surface area (Å²) in [4.78, 5) is 46.9. The average molecular weight is 431 g/mol. The molecule has 1 aliphatic rings. The number of anilines is 1. The van der Waals surface area contributed by atoms with E-state index >= 15 is 0 Å². The summed E-state index contributed by atoms with van der Waals surface area (Å²) in [5.41, 5.74) is 0.911. The second-order valence-electron chi connectivity index (χ2n) is 7.53. The van der Waals surface area contributed by atoms with Gasteiger partial charge in [0, 0.05) is 24.1 Å². The van der Waals surface area contributed by atoms with Gasteiger partial charge in [-0.15, -0.1) is 0 Å². The minimum absolute atomic E-state index is 0.311. The first-order valence-electron chi connectivity index (χ1n) is 9.90. The molecule has 2 heterocycles. The van der Waals surface area contributed by atoms with Crippen molar-refractivity contribution in [3.05, 3.63) is 78.2 Å². The molecule has 32 heavy (non-hydrogen) atoms. The zero-order valence-electron chi connectivity index (χ0n) is 17.5. The van der Waals surface area contributed by atoms with Crippen LogP contribution in [0.1, 0.15) is 18.1 Å². The summed E-state index contributed by atoms with van der Waals surface area (Å²) in [5.74, 6) is -0.240. The fraction of sp³-hybridized carbons (Fsp3) is 0.174. The van der Waals surface area contributed by atoms with Crippen molar-refractivity contribution in [2.75, 3.05) is 11.9 Å². The van der Waals surface area contributed by atoms with E-state index in [9.17, 15) is 14.4 Å². The van der Waals surface area contributed by atoms with E-state index in [4.69, 9.17) is 4.74 Å². The molecular weight excluding hydrogens is 410 g/mol. The van der Waals surface area contributed by atoms with Gasteiger partial charge in [-0.2, -0.15) is 0 Å². The topological polar surface area (TPSA) is 114 Å². The molecule has 1 fully saturated rings. The molecule has 1 unspecified atom stereocenters. The highest BCUT2D eigenvalue weighted by atomic mass is 16.5. The van der Waals surface area contributed by atoms with Gasteiger partial charge < -0.3 is 15.4 Å². The first-order chi connectivity index (χ1) is 15.3. The van der Waals surface area contributed by atoms with Gasteiger partial charge in [-0.25, -0.2) is 9.78 Å². The van der Waals surface area contributed by atoms with Crippen molar-refractivity contribution in [1.82, 2.24) is 20.2 Å². The number of carbonyl (C=O) groups is 3. The third-order valence-electron chi connectivity index (χ3n) is 5.09. The van der Waals surface area contributed by atoms with Crippen LogP contribution in [0.25, 0.3) is 0 Å². The van der Waals surface area contributed by atoms with Crippen LogP contribution in [-0.4, -0.2) is 39.3 Å². The molecule has 9 nitrogen and oxygen atoms in total. The third-order valence-corrected chi connectivity index (χ3v) is 5.09. The third kappa shape index (κ3) is 4.27. The molecule has 2 aromatic carbocycles. The lowest BCUT2D eigenvalue weighted by Crippen LogP contribution is -2.42. The Labute approximate surface area is 184 Å². The Bertz CT molecular complexity index is 1170. The van der Waals surface area contributed by atoms with E-state index in [1.165, 1.54) is 18.6 Å². The molecule has 1 saturated heterocycles. The highest BCUT2D eigenvalue weighted by Gasteiger charge is 2.49. The number of nitrogens with zero attached hydrogens (tertiary/aromatic N) is 3. The van der Waals surface area contributed by atoms with Crippen molar-refractivity contribution in [1.29, 1.82) is 0 Å². The van der Waals surface area contributed by atoms with E-state index in [1.54, 1.807) is 43.3 Å². The Kier molecular flexibility index (Phi) is 5.55. The molecule has 2 N–H and O–H groups in total. The number of benzene rings is 2. The number of aromatic nitrogens is 2. The fourth-order valence-corrected chi connectivity index (χ4v) is 3.36. The molecule has 0 bridgehead atoms. The number of nitrogens with one attached hydrogen (secondary N) is 2. The van der Waals surface area contributed by atoms with Gasteiger partial charge in [-0.1, -0.05) is 35.9 Å². The minimum Gasteiger partial charge on any atom is -0.437 e. The first-order valence-corrected chi connectivity index (χ1v) is 9.90. The maximum atomic E-state index is 13.0. The number of ether oxygens (including phenoxy) is 1. The number of urea groups is 1. The zero-order chi connectivity index (χ0) is 22.7. The van der Waals surface area contributed by atoms with Crippen molar-refractivity contribution in [3.63, 3.8) is 0 Å². The molecule has 1 aromatic heterocycles. The number of aryl methyl sites for hydroxylation is 1. The SMILES string of the molecule is Cc1ccc(C2(C)NC(=O)N(CC(=O)Nc3cccc(Oc4cnccn4)c3)C2=O)cc1. The Morgan fingerprint density at radius 2 is 1.94 bits per heavy atom. The fourth-order valence-electron chi connectivity index (χ4n) is 3.36. The molecule has 0 aliphatic carbocycles. The van der Waals surface area contributed by atoms with Crippen molar-refractivity contribution in [3.8, 4) is 11.6 Å². The van der Waals surface area contributed by atoms with Crippen LogP contribution in [-0.2, 0) is 15.1 Å². The smallest absolute Gasteiger partial charge is 0.325 e. The number of rotatable bonds is 6. The summed E-state index contributed by atoms with van der Waals surface area (Å²) in [5, 5.41) is 5.38. The van der Waals surface area contributed by atoms with Crippen LogP contribution in [0.2, 0.25) is 0 Å². The van der Waals surface area contributed by atoms with Crippen molar-refractivity contribution in [2.45, 2.75) is 19.4 Å². The van der Waals surface area contributed by atoms with Crippen LogP contribution in [0, 0.1) is 6.92 Å². The molecule has 1 atom stereocenters. The van der Waals surface area contributed by atoms with Gasteiger partial charge in [0.05, 0.1) is 6.20 Å². The first kappa shape index (κ1) is 21.0. The highest BCUT2D eigenvalue weighted by Crippen LogP contribution is 2.29. The van der Waals surface area contributed by atoms with Crippen LogP contribution >= 0.6 is 0 Å².